The number of nitrogens with one attached hydrogen (secondary N) is 1. The highest BCUT2D eigenvalue weighted by atomic mass is 16.5. The number of rotatable bonds is 3. The zero-order valence-electron chi connectivity index (χ0n) is 14.4. The number of H-pyrrole nitrogens is 1. The van der Waals surface area contributed by atoms with Crippen LogP contribution in [-0.2, 0) is 4.74 Å². The summed E-state index contributed by atoms with van der Waals surface area (Å²) in [5.74, 6) is 0.629. The van der Waals surface area contributed by atoms with Gasteiger partial charge in [-0.05, 0) is 18.6 Å². The highest BCUT2D eigenvalue weighted by Crippen LogP contribution is 2.27. The van der Waals surface area contributed by atoms with Gasteiger partial charge in [0.05, 0.1) is 24.5 Å². The van der Waals surface area contributed by atoms with Crippen molar-refractivity contribution < 1.29 is 9.53 Å². The van der Waals surface area contributed by atoms with Crippen molar-refractivity contribution in [1.82, 2.24) is 19.9 Å². The summed E-state index contributed by atoms with van der Waals surface area (Å²) in [6.07, 6.45) is 4.03. The number of carbonyl (C=O) groups excluding carboxylic acids is 1. The van der Waals surface area contributed by atoms with Gasteiger partial charge < -0.3 is 14.5 Å². The van der Waals surface area contributed by atoms with Gasteiger partial charge in [0.25, 0.3) is 11.5 Å². The van der Waals surface area contributed by atoms with Crippen LogP contribution < -0.4 is 10.5 Å². The lowest BCUT2D eigenvalue weighted by Gasteiger charge is -2.27. The summed E-state index contributed by atoms with van der Waals surface area (Å²) < 4.78 is 5.35. The molecule has 1 amide bonds. The molecule has 4 heterocycles. The number of pyridine rings is 1. The Morgan fingerprint density at radius 1 is 1.27 bits per heavy atom. The van der Waals surface area contributed by atoms with E-state index >= 15 is 0 Å². The summed E-state index contributed by atoms with van der Waals surface area (Å²) in [7, 11) is 0. The van der Waals surface area contributed by atoms with E-state index in [1.165, 1.54) is 0 Å². The lowest BCUT2D eigenvalue weighted by Crippen LogP contribution is -2.38. The lowest BCUT2D eigenvalue weighted by atomic mass is 10.0. The Kier molecular flexibility index (Phi) is 4.66. The molecule has 1 atom stereocenters. The molecule has 8 nitrogen and oxygen atoms in total. The predicted octanol–water partition coefficient (Wildman–Crippen LogP) is 0.631. The van der Waals surface area contributed by atoms with E-state index in [0.29, 0.717) is 50.9 Å². The van der Waals surface area contributed by atoms with Gasteiger partial charge in [0.15, 0.2) is 0 Å². The molecule has 0 aromatic carbocycles. The van der Waals surface area contributed by atoms with Gasteiger partial charge in [0.2, 0.25) is 5.95 Å². The molecule has 0 spiro atoms. The average Bonchev–Trinajstić information content (AvgIpc) is 3.18. The van der Waals surface area contributed by atoms with Crippen molar-refractivity contribution in [2.45, 2.75) is 12.3 Å². The molecule has 2 aromatic heterocycles. The molecule has 2 aromatic rings. The highest BCUT2D eigenvalue weighted by Gasteiger charge is 2.29. The minimum Gasteiger partial charge on any atom is -0.378 e. The van der Waals surface area contributed by atoms with E-state index in [2.05, 4.69) is 15.0 Å². The Morgan fingerprint density at radius 3 is 2.88 bits per heavy atom. The Morgan fingerprint density at radius 2 is 2.12 bits per heavy atom. The van der Waals surface area contributed by atoms with Crippen LogP contribution in [0, 0.1) is 0 Å². The topological polar surface area (TPSA) is 91.4 Å². The number of morpholine rings is 1. The van der Waals surface area contributed by atoms with E-state index in [1.54, 1.807) is 35.5 Å². The molecule has 26 heavy (non-hydrogen) atoms. The van der Waals surface area contributed by atoms with E-state index in [-0.39, 0.29) is 17.4 Å². The van der Waals surface area contributed by atoms with Crippen molar-refractivity contribution in [1.29, 1.82) is 0 Å². The average molecular weight is 355 g/mol. The highest BCUT2D eigenvalue weighted by molar-refractivity contribution is 5.94. The molecular formula is C18H21N5O3. The van der Waals surface area contributed by atoms with Crippen LogP contribution >= 0.6 is 0 Å². The number of aromatic nitrogens is 3. The zero-order chi connectivity index (χ0) is 17.9. The Balaban J connectivity index is 1.51. The van der Waals surface area contributed by atoms with E-state index < -0.39 is 0 Å². The maximum atomic E-state index is 12.6. The number of hydrogen-bond acceptors (Lipinski definition) is 6. The van der Waals surface area contributed by atoms with Gasteiger partial charge >= 0.3 is 0 Å². The largest absolute Gasteiger partial charge is 0.378 e. The van der Waals surface area contributed by atoms with Crippen LogP contribution in [0.25, 0.3) is 0 Å². The van der Waals surface area contributed by atoms with Gasteiger partial charge in [-0.3, -0.25) is 19.6 Å². The summed E-state index contributed by atoms with van der Waals surface area (Å²) in [5, 5.41) is 0. The first-order chi connectivity index (χ1) is 12.7. The SMILES string of the molecule is O=C(c1cccnc1)N1CCC(c2cc(=O)[nH]c(N3CCOCC3)n2)C1. The second-order valence-electron chi connectivity index (χ2n) is 6.57. The normalized spacial score (nSPS) is 20.4. The van der Waals surface area contributed by atoms with Crippen LogP contribution in [0.4, 0.5) is 5.95 Å². The second-order valence-corrected chi connectivity index (χ2v) is 6.57. The molecule has 4 rings (SSSR count). The van der Waals surface area contributed by atoms with Crippen LogP contribution in [0.3, 0.4) is 0 Å². The van der Waals surface area contributed by atoms with E-state index in [9.17, 15) is 9.59 Å². The minimum atomic E-state index is -0.159. The van der Waals surface area contributed by atoms with Crippen molar-refractivity contribution in [3.05, 3.63) is 52.2 Å². The van der Waals surface area contributed by atoms with E-state index in [0.717, 1.165) is 12.1 Å². The fourth-order valence-electron chi connectivity index (χ4n) is 3.46. The Labute approximate surface area is 150 Å². The molecule has 1 N–H and O–H groups in total. The smallest absolute Gasteiger partial charge is 0.255 e. The predicted molar refractivity (Wildman–Crippen MR) is 95.4 cm³/mol. The van der Waals surface area contributed by atoms with Crippen molar-refractivity contribution in [2.24, 2.45) is 0 Å². The molecule has 0 aliphatic carbocycles. The van der Waals surface area contributed by atoms with Crippen LogP contribution in [0.5, 0.6) is 0 Å². The standard InChI is InChI=1S/C18H21N5O3/c24-16-10-15(20-18(21-16)22-6-8-26-9-7-22)14-3-5-23(12-14)17(25)13-2-1-4-19-11-13/h1-2,4,10-11,14H,3,5-9,12H2,(H,20,21,24). The maximum absolute atomic E-state index is 12.6. The fraction of sp³-hybridized carbons (Fsp3) is 0.444. The first-order valence-electron chi connectivity index (χ1n) is 8.84. The fourth-order valence-corrected chi connectivity index (χ4v) is 3.46. The molecule has 2 aliphatic heterocycles. The molecular weight excluding hydrogens is 334 g/mol. The van der Waals surface area contributed by atoms with E-state index in [1.807, 2.05) is 4.90 Å². The second kappa shape index (κ2) is 7.25. The number of aromatic amines is 1. The summed E-state index contributed by atoms with van der Waals surface area (Å²) in [6.45, 7) is 3.90. The number of hydrogen-bond donors (Lipinski definition) is 1. The van der Waals surface area contributed by atoms with Crippen LogP contribution in [0.2, 0.25) is 0 Å². The number of anilines is 1. The Hall–Kier alpha value is -2.74. The summed E-state index contributed by atoms with van der Waals surface area (Å²) in [5.41, 5.74) is 1.17. The number of ether oxygens (including phenoxy) is 1. The number of amides is 1. The zero-order valence-corrected chi connectivity index (χ0v) is 14.4. The summed E-state index contributed by atoms with van der Waals surface area (Å²) in [4.78, 5) is 40.0. The summed E-state index contributed by atoms with van der Waals surface area (Å²) in [6, 6.07) is 5.07. The number of carbonyl (C=O) groups is 1. The van der Waals surface area contributed by atoms with Gasteiger partial charge in [-0.25, -0.2) is 4.98 Å². The van der Waals surface area contributed by atoms with Crippen molar-refractivity contribution in [3.63, 3.8) is 0 Å². The molecule has 2 aliphatic rings. The minimum absolute atomic E-state index is 0.0288. The number of likely N-dealkylation sites (tertiary alicyclic amines) is 1. The third-order valence-corrected chi connectivity index (χ3v) is 4.86. The quantitative estimate of drug-likeness (QED) is 0.868. The van der Waals surface area contributed by atoms with Crippen LogP contribution in [0.15, 0.2) is 35.4 Å². The maximum Gasteiger partial charge on any atom is 0.255 e. The van der Waals surface area contributed by atoms with Crippen molar-refractivity contribution in [2.75, 3.05) is 44.3 Å². The molecule has 8 heteroatoms. The van der Waals surface area contributed by atoms with E-state index in [4.69, 9.17) is 4.74 Å². The van der Waals surface area contributed by atoms with Gasteiger partial charge in [0.1, 0.15) is 0 Å². The van der Waals surface area contributed by atoms with Gasteiger partial charge in [-0.15, -0.1) is 0 Å². The van der Waals surface area contributed by atoms with Crippen LogP contribution in [0.1, 0.15) is 28.4 Å². The first-order valence-corrected chi connectivity index (χ1v) is 8.84. The van der Waals surface area contributed by atoms with Gasteiger partial charge in [-0.2, -0.15) is 0 Å². The lowest BCUT2D eigenvalue weighted by molar-refractivity contribution is 0.0790. The van der Waals surface area contributed by atoms with Gasteiger partial charge in [-0.1, -0.05) is 0 Å². The third kappa shape index (κ3) is 3.45. The van der Waals surface area contributed by atoms with Crippen molar-refractivity contribution in [3.8, 4) is 0 Å². The molecule has 0 saturated carbocycles. The monoisotopic (exact) mass is 355 g/mol. The molecule has 136 valence electrons. The first kappa shape index (κ1) is 16.7. The third-order valence-electron chi connectivity index (χ3n) is 4.86. The molecule has 2 fully saturated rings. The van der Waals surface area contributed by atoms with Crippen LogP contribution in [-0.4, -0.2) is 65.2 Å². The Bertz CT molecular complexity index is 832. The van der Waals surface area contributed by atoms with Gasteiger partial charge in [0, 0.05) is 50.6 Å². The number of nitrogens with zero attached hydrogens (tertiary/aromatic N) is 4. The molecule has 1 unspecified atom stereocenters. The molecule has 2 saturated heterocycles. The van der Waals surface area contributed by atoms with Crippen molar-refractivity contribution >= 4 is 11.9 Å². The summed E-state index contributed by atoms with van der Waals surface area (Å²) >= 11 is 0. The molecule has 0 bridgehead atoms. The molecule has 0 radical (unpaired) electrons.